The van der Waals surface area contributed by atoms with E-state index in [0.717, 1.165) is 26.2 Å². The van der Waals surface area contributed by atoms with Crippen molar-refractivity contribution in [3.05, 3.63) is 0 Å². The summed E-state index contributed by atoms with van der Waals surface area (Å²) in [6, 6.07) is 0.379. The van der Waals surface area contributed by atoms with Crippen LogP contribution in [0.4, 0.5) is 0 Å². The Labute approximate surface area is 75.5 Å². The van der Waals surface area contributed by atoms with E-state index in [0.29, 0.717) is 12.0 Å². The first kappa shape index (κ1) is 9.96. The van der Waals surface area contributed by atoms with Gasteiger partial charge in [-0.25, -0.2) is 0 Å². The van der Waals surface area contributed by atoms with Crippen molar-refractivity contribution in [2.75, 3.05) is 40.3 Å². The Morgan fingerprint density at radius 2 is 2.17 bits per heavy atom. The fourth-order valence-corrected chi connectivity index (χ4v) is 1.84. The number of hydrogen-bond acceptors (Lipinski definition) is 3. The lowest BCUT2D eigenvalue weighted by Gasteiger charge is -2.21. The second kappa shape index (κ2) is 4.21. The van der Waals surface area contributed by atoms with Crippen molar-refractivity contribution in [3.8, 4) is 0 Å². The Morgan fingerprint density at radius 3 is 2.58 bits per heavy atom. The van der Waals surface area contributed by atoms with Crippen molar-refractivity contribution in [1.29, 1.82) is 0 Å². The summed E-state index contributed by atoms with van der Waals surface area (Å²) in [5, 5.41) is 0. The minimum Gasteiger partial charge on any atom is -0.326 e. The molecule has 1 saturated heterocycles. The SMILES string of the molecule is CCN(C)CC1CN(C)CC1N. The average molecular weight is 171 g/mol. The third-order valence-electron chi connectivity index (χ3n) is 2.76. The van der Waals surface area contributed by atoms with E-state index in [2.05, 4.69) is 30.8 Å². The monoisotopic (exact) mass is 171 g/mol. The molecule has 1 aliphatic heterocycles. The Hall–Kier alpha value is -0.120. The molecule has 3 nitrogen and oxygen atoms in total. The standard InChI is InChI=1S/C9H21N3/c1-4-11(2)5-8-6-12(3)7-9(8)10/h8-9H,4-7,10H2,1-3H3. The van der Waals surface area contributed by atoms with Gasteiger partial charge in [-0.1, -0.05) is 6.92 Å². The molecule has 0 bridgehead atoms. The maximum Gasteiger partial charge on any atom is 0.0221 e. The van der Waals surface area contributed by atoms with Crippen LogP contribution in [0.25, 0.3) is 0 Å². The van der Waals surface area contributed by atoms with E-state index < -0.39 is 0 Å². The topological polar surface area (TPSA) is 32.5 Å². The van der Waals surface area contributed by atoms with E-state index in [9.17, 15) is 0 Å². The summed E-state index contributed by atoms with van der Waals surface area (Å²) in [7, 11) is 4.30. The van der Waals surface area contributed by atoms with Gasteiger partial charge in [0.05, 0.1) is 0 Å². The third-order valence-corrected chi connectivity index (χ3v) is 2.76. The van der Waals surface area contributed by atoms with Gasteiger partial charge in [0.1, 0.15) is 0 Å². The molecule has 0 radical (unpaired) electrons. The zero-order valence-electron chi connectivity index (χ0n) is 8.45. The van der Waals surface area contributed by atoms with Gasteiger partial charge < -0.3 is 15.5 Å². The normalized spacial score (nSPS) is 31.8. The highest BCUT2D eigenvalue weighted by Gasteiger charge is 2.27. The molecule has 0 saturated carbocycles. The highest BCUT2D eigenvalue weighted by atomic mass is 15.2. The van der Waals surface area contributed by atoms with Crippen molar-refractivity contribution in [2.45, 2.75) is 13.0 Å². The van der Waals surface area contributed by atoms with Gasteiger partial charge in [0, 0.05) is 31.6 Å². The Balaban J connectivity index is 2.32. The quantitative estimate of drug-likeness (QED) is 0.640. The third kappa shape index (κ3) is 2.44. The van der Waals surface area contributed by atoms with Crippen LogP contribution in [0.5, 0.6) is 0 Å². The summed E-state index contributed by atoms with van der Waals surface area (Å²) in [4.78, 5) is 4.66. The molecule has 0 aliphatic carbocycles. The van der Waals surface area contributed by atoms with E-state index in [-0.39, 0.29) is 0 Å². The molecule has 1 fully saturated rings. The number of hydrogen-bond donors (Lipinski definition) is 1. The predicted molar refractivity (Wildman–Crippen MR) is 52.1 cm³/mol. The molecule has 3 heteroatoms. The van der Waals surface area contributed by atoms with Gasteiger partial charge in [0.2, 0.25) is 0 Å². The zero-order valence-corrected chi connectivity index (χ0v) is 8.45. The Morgan fingerprint density at radius 1 is 1.50 bits per heavy atom. The highest BCUT2D eigenvalue weighted by Crippen LogP contribution is 2.14. The summed E-state index contributed by atoms with van der Waals surface area (Å²) in [6.07, 6.45) is 0. The first-order chi connectivity index (χ1) is 5.63. The van der Waals surface area contributed by atoms with Crippen molar-refractivity contribution >= 4 is 0 Å². The smallest absolute Gasteiger partial charge is 0.0221 e. The first-order valence-corrected chi connectivity index (χ1v) is 4.76. The number of likely N-dealkylation sites (tertiary alicyclic amines) is 1. The van der Waals surface area contributed by atoms with Gasteiger partial charge in [0.25, 0.3) is 0 Å². The van der Waals surface area contributed by atoms with E-state index in [1.807, 2.05) is 0 Å². The molecule has 0 aromatic heterocycles. The molecule has 1 aliphatic rings. The van der Waals surface area contributed by atoms with Crippen LogP contribution in [0.3, 0.4) is 0 Å². The molecule has 2 atom stereocenters. The number of nitrogens with two attached hydrogens (primary N) is 1. The second-order valence-corrected chi connectivity index (χ2v) is 4.00. The van der Waals surface area contributed by atoms with Crippen LogP contribution in [-0.2, 0) is 0 Å². The molecule has 0 aromatic rings. The van der Waals surface area contributed by atoms with E-state index in [1.165, 1.54) is 0 Å². The lowest BCUT2D eigenvalue weighted by molar-refractivity contribution is 0.277. The van der Waals surface area contributed by atoms with Gasteiger partial charge in [-0.2, -0.15) is 0 Å². The van der Waals surface area contributed by atoms with Crippen LogP contribution in [0.15, 0.2) is 0 Å². The summed E-state index contributed by atoms with van der Waals surface area (Å²) in [5.41, 5.74) is 6.00. The predicted octanol–water partition coefficient (Wildman–Crippen LogP) is -0.173. The lowest BCUT2D eigenvalue weighted by atomic mass is 10.0. The lowest BCUT2D eigenvalue weighted by Crippen LogP contribution is -2.36. The number of likely N-dealkylation sites (N-methyl/N-ethyl adjacent to an activating group) is 1. The Bertz CT molecular complexity index is 138. The van der Waals surface area contributed by atoms with Crippen LogP contribution in [0.2, 0.25) is 0 Å². The average Bonchev–Trinajstić information content (AvgIpc) is 2.30. The fourth-order valence-electron chi connectivity index (χ4n) is 1.84. The van der Waals surface area contributed by atoms with Crippen LogP contribution < -0.4 is 5.73 Å². The van der Waals surface area contributed by atoms with Gasteiger partial charge in [0.15, 0.2) is 0 Å². The van der Waals surface area contributed by atoms with Crippen molar-refractivity contribution in [3.63, 3.8) is 0 Å². The van der Waals surface area contributed by atoms with Gasteiger partial charge in [-0.3, -0.25) is 0 Å². The van der Waals surface area contributed by atoms with Crippen molar-refractivity contribution in [1.82, 2.24) is 9.80 Å². The van der Waals surface area contributed by atoms with E-state index in [4.69, 9.17) is 5.73 Å². The molecule has 0 amide bonds. The first-order valence-electron chi connectivity index (χ1n) is 4.76. The highest BCUT2D eigenvalue weighted by molar-refractivity contribution is 4.86. The summed E-state index contributed by atoms with van der Waals surface area (Å²) in [5.74, 6) is 0.667. The molecule has 12 heavy (non-hydrogen) atoms. The van der Waals surface area contributed by atoms with Gasteiger partial charge in [-0.15, -0.1) is 0 Å². The van der Waals surface area contributed by atoms with Crippen LogP contribution in [-0.4, -0.2) is 56.1 Å². The summed E-state index contributed by atoms with van der Waals surface area (Å²) >= 11 is 0. The molecule has 0 spiro atoms. The van der Waals surface area contributed by atoms with Crippen LogP contribution in [0.1, 0.15) is 6.92 Å². The molecule has 2 unspecified atom stereocenters. The molecular weight excluding hydrogens is 150 g/mol. The fraction of sp³-hybridized carbons (Fsp3) is 1.00. The molecule has 0 aromatic carbocycles. The minimum atomic E-state index is 0.379. The molecule has 1 rings (SSSR count). The van der Waals surface area contributed by atoms with Crippen LogP contribution >= 0.6 is 0 Å². The zero-order chi connectivity index (χ0) is 9.14. The molecule has 2 N–H and O–H groups in total. The number of nitrogens with zero attached hydrogens (tertiary/aromatic N) is 2. The maximum atomic E-state index is 6.00. The Kier molecular flexibility index (Phi) is 3.50. The largest absolute Gasteiger partial charge is 0.326 e. The second-order valence-electron chi connectivity index (χ2n) is 4.00. The minimum absolute atomic E-state index is 0.379. The molecular formula is C9H21N3. The molecule has 1 heterocycles. The van der Waals surface area contributed by atoms with E-state index in [1.54, 1.807) is 0 Å². The van der Waals surface area contributed by atoms with Gasteiger partial charge >= 0.3 is 0 Å². The maximum absolute atomic E-state index is 6.00. The number of rotatable bonds is 3. The van der Waals surface area contributed by atoms with Crippen molar-refractivity contribution in [2.24, 2.45) is 11.7 Å². The van der Waals surface area contributed by atoms with Crippen molar-refractivity contribution < 1.29 is 0 Å². The van der Waals surface area contributed by atoms with Gasteiger partial charge in [-0.05, 0) is 20.6 Å². The summed E-state index contributed by atoms with van der Waals surface area (Å²) in [6.45, 7) is 6.66. The van der Waals surface area contributed by atoms with E-state index >= 15 is 0 Å². The van der Waals surface area contributed by atoms with Crippen LogP contribution in [0, 0.1) is 5.92 Å². The molecule has 72 valence electrons. The summed E-state index contributed by atoms with van der Waals surface area (Å²) < 4.78 is 0.